The fraction of sp³-hybridized carbons (Fsp3) is 0.632. The molecule has 0 heterocycles. The molecule has 1 aromatic carbocycles. The van der Waals surface area contributed by atoms with Gasteiger partial charge in [-0.2, -0.15) is 0 Å². The van der Waals surface area contributed by atoms with E-state index in [1.807, 2.05) is 20.8 Å². The average Bonchev–Trinajstić information content (AvgIpc) is 2.35. The molecule has 1 N–H and O–H groups in total. The van der Waals surface area contributed by atoms with Gasteiger partial charge in [0, 0.05) is 0 Å². The summed E-state index contributed by atoms with van der Waals surface area (Å²) in [6.07, 6.45) is 2.83. The van der Waals surface area contributed by atoms with Crippen LogP contribution in [0.2, 0.25) is 0 Å². The number of hydrogen-bond donors (Lipinski definition) is 1. The van der Waals surface area contributed by atoms with E-state index in [0.29, 0.717) is 0 Å². The number of hydrogen-bond acceptors (Lipinski definition) is 2. The number of amides is 1. The molecule has 1 aliphatic rings. The molecule has 0 fully saturated rings. The normalized spacial score (nSPS) is 18.5. The maximum Gasteiger partial charge on any atom is 0.408 e. The predicted molar refractivity (Wildman–Crippen MR) is 90.2 cm³/mol. The Morgan fingerprint density at radius 2 is 1.86 bits per heavy atom. The summed E-state index contributed by atoms with van der Waals surface area (Å²) < 4.78 is 5.40. The van der Waals surface area contributed by atoms with E-state index in [2.05, 4.69) is 44.3 Å². The second-order valence-corrected chi connectivity index (χ2v) is 8.25. The zero-order chi connectivity index (χ0) is 16.5. The van der Waals surface area contributed by atoms with Crippen LogP contribution in [0.15, 0.2) is 18.2 Å². The lowest BCUT2D eigenvalue weighted by Crippen LogP contribution is -2.36. The summed E-state index contributed by atoms with van der Waals surface area (Å²) in [7, 11) is 0. The van der Waals surface area contributed by atoms with Crippen LogP contribution in [0, 0.1) is 0 Å². The van der Waals surface area contributed by atoms with E-state index in [0.717, 1.165) is 19.3 Å². The summed E-state index contributed by atoms with van der Waals surface area (Å²) >= 11 is 0. The molecule has 2 rings (SSSR count). The third-order valence-corrected chi connectivity index (χ3v) is 4.02. The van der Waals surface area contributed by atoms with Crippen LogP contribution in [-0.4, -0.2) is 11.7 Å². The summed E-state index contributed by atoms with van der Waals surface area (Å²) in [6, 6.07) is 6.75. The van der Waals surface area contributed by atoms with Gasteiger partial charge in [-0.15, -0.1) is 0 Å². The molecule has 3 nitrogen and oxygen atoms in total. The lowest BCUT2D eigenvalue weighted by atomic mass is 9.80. The highest BCUT2D eigenvalue weighted by molar-refractivity contribution is 5.68. The minimum absolute atomic E-state index is 0.0564. The summed E-state index contributed by atoms with van der Waals surface area (Å²) in [5.74, 6) is 0. The molecule has 0 aromatic heterocycles. The number of nitrogens with one attached hydrogen (secondary N) is 1. The van der Waals surface area contributed by atoms with Crippen molar-refractivity contribution >= 4 is 6.09 Å². The third kappa shape index (κ3) is 4.25. The van der Waals surface area contributed by atoms with Gasteiger partial charge in [0.15, 0.2) is 0 Å². The Balaban J connectivity index is 2.22. The molecule has 0 bridgehead atoms. The van der Waals surface area contributed by atoms with Gasteiger partial charge in [0.25, 0.3) is 0 Å². The highest BCUT2D eigenvalue weighted by Gasteiger charge is 2.26. The largest absolute Gasteiger partial charge is 0.444 e. The zero-order valence-corrected chi connectivity index (χ0v) is 14.7. The SMILES string of the molecule is CC(C)(C)OC(=O)NC1CCCc2ccc(C(C)(C)C)cc21. The van der Waals surface area contributed by atoms with Gasteiger partial charge < -0.3 is 10.1 Å². The van der Waals surface area contributed by atoms with Crippen LogP contribution in [0.5, 0.6) is 0 Å². The minimum Gasteiger partial charge on any atom is -0.444 e. The van der Waals surface area contributed by atoms with Gasteiger partial charge in [-0.05, 0) is 62.1 Å². The Labute approximate surface area is 134 Å². The highest BCUT2D eigenvalue weighted by atomic mass is 16.6. The van der Waals surface area contributed by atoms with Crippen molar-refractivity contribution in [2.75, 3.05) is 0 Å². The predicted octanol–water partition coefficient (Wildman–Crippen LogP) is 4.89. The number of carbonyl (C=O) groups excluding carboxylic acids is 1. The van der Waals surface area contributed by atoms with Gasteiger partial charge in [-0.25, -0.2) is 4.79 Å². The molecule has 1 aromatic rings. The molecule has 0 saturated carbocycles. The van der Waals surface area contributed by atoms with Crippen molar-refractivity contribution in [1.82, 2.24) is 5.32 Å². The first-order chi connectivity index (χ1) is 10.1. The Hall–Kier alpha value is -1.51. The maximum atomic E-state index is 12.1. The van der Waals surface area contributed by atoms with E-state index >= 15 is 0 Å². The van der Waals surface area contributed by atoms with Gasteiger partial charge in [-0.3, -0.25) is 0 Å². The van der Waals surface area contributed by atoms with Crippen LogP contribution in [0.25, 0.3) is 0 Å². The number of benzene rings is 1. The lowest BCUT2D eigenvalue weighted by molar-refractivity contribution is 0.0498. The van der Waals surface area contributed by atoms with Gasteiger partial charge >= 0.3 is 6.09 Å². The number of alkyl carbamates (subject to hydrolysis) is 1. The van der Waals surface area contributed by atoms with E-state index in [9.17, 15) is 4.79 Å². The van der Waals surface area contributed by atoms with Crippen molar-refractivity contribution in [2.45, 2.75) is 77.9 Å². The first kappa shape index (κ1) is 16.9. The summed E-state index contributed by atoms with van der Waals surface area (Å²) in [5.41, 5.74) is 3.56. The fourth-order valence-electron chi connectivity index (χ4n) is 2.87. The summed E-state index contributed by atoms with van der Waals surface area (Å²) in [5, 5.41) is 3.05. The molecule has 1 aliphatic carbocycles. The first-order valence-electron chi connectivity index (χ1n) is 8.19. The average molecular weight is 303 g/mol. The summed E-state index contributed by atoms with van der Waals surface area (Å²) in [6.45, 7) is 12.3. The third-order valence-electron chi connectivity index (χ3n) is 4.02. The van der Waals surface area contributed by atoms with Crippen molar-refractivity contribution in [3.8, 4) is 0 Å². The molecule has 22 heavy (non-hydrogen) atoms. The van der Waals surface area contributed by atoms with Crippen LogP contribution >= 0.6 is 0 Å². The Kier molecular flexibility index (Phi) is 4.55. The fourth-order valence-corrected chi connectivity index (χ4v) is 2.87. The van der Waals surface area contributed by atoms with Crippen LogP contribution in [0.3, 0.4) is 0 Å². The van der Waals surface area contributed by atoms with Crippen molar-refractivity contribution < 1.29 is 9.53 Å². The molecule has 0 saturated heterocycles. The van der Waals surface area contributed by atoms with Gasteiger partial charge in [0.1, 0.15) is 5.60 Å². The van der Waals surface area contributed by atoms with E-state index in [4.69, 9.17) is 4.74 Å². The van der Waals surface area contributed by atoms with Crippen molar-refractivity contribution in [3.05, 3.63) is 34.9 Å². The van der Waals surface area contributed by atoms with Crippen molar-refractivity contribution in [1.29, 1.82) is 0 Å². The minimum atomic E-state index is -0.463. The van der Waals surface area contributed by atoms with Crippen LogP contribution in [-0.2, 0) is 16.6 Å². The molecule has 0 spiro atoms. The molecule has 0 aliphatic heterocycles. The smallest absolute Gasteiger partial charge is 0.408 e. The van der Waals surface area contributed by atoms with Crippen LogP contribution < -0.4 is 5.32 Å². The summed E-state index contributed by atoms with van der Waals surface area (Å²) in [4.78, 5) is 12.1. The molecular formula is C19H29NO2. The van der Waals surface area contributed by atoms with Gasteiger partial charge in [0.2, 0.25) is 0 Å². The number of ether oxygens (including phenoxy) is 1. The number of aryl methyl sites for hydroxylation is 1. The van der Waals surface area contributed by atoms with Gasteiger partial charge in [-0.1, -0.05) is 39.0 Å². The van der Waals surface area contributed by atoms with E-state index in [1.165, 1.54) is 16.7 Å². The van der Waals surface area contributed by atoms with Crippen molar-refractivity contribution in [3.63, 3.8) is 0 Å². The van der Waals surface area contributed by atoms with Crippen LogP contribution in [0.1, 0.15) is 77.1 Å². The number of fused-ring (bicyclic) bond motifs is 1. The molecule has 3 heteroatoms. The standard InChI is InChI=1S/C19H29NO2/c1-18(2,3)14-11-10-13-8-7-9-16(15(13)12-14)20-17(21)22-19(4,5)6/h10-12,16H,7-9H2,1-6H3,(H,20,21). The number of carbonyl (C=O) groups is 1. The molecule has 122 valence electrons. The lowest BCUT2D eigenvalue weighted by Gasteiger charge is -2.30. The van der Waals surface area contributed by atoms with E-state index < -0.39 is 5.60 Å². The Morgan fingerprint density at radius 3 is 2.45 bits per heavy atom. The highest BCUT2D eigenvalue weighted by Crippen LogP contribution is 2.33. The molecule has 0 radical (unpaired) electrons. The quantitative estimate of drug-likeness (QED) is 0.802. The van der Waals surface area contributed by atoms with Gasteiger partial charge in [0.05, 0.1) is 6.04 Å². The van der Waals surface area contributed by atoms with Crippen LogP contribution in [0.4, 0.5) is 4.79 Å². The van der Waals surface area contributed by atoms with E-state index in [1.54, 1.807) is 0 Å². The van der Waals surface area contributed by atoms with E-state index in [-0.39, 0.29) is 17.6 Å². The number of rotatable bonds is 1. The molecule has 1 unspecified atom stereocenters. The Morgan fingerprint density at radius 1 is 1.18 bits per heavy atom. The molecule has 1 amide bonds. The zero-order valence-electron chi connectivity index (χ0n) is 14.7. The maximum absolute atomic E-state index is 12.1. The topological polar surface area (TPSA) is 38.3 Å². The Bertz CT molecular complexity index is 550. The second kappa shape index (κ2) is 5.94. The second-order valence-electron chi connectivity index (χ2n) is 8.25. The van der Waals surface area contributed by atoms with Crippen molar-refractivity contribution in [2.24, 2.45) is 0 Å². The molecule has 1 atom stereocenters. The first-order valence-corrected chi connectivity index (χ1v) is 8.19. The molecular weight excluding hydrogens is 274 g/mol. The monoisotopic (exact) mass is 303 g/mol.